The Kier molecular flexibility index (Phi) is 27.0. The molecule has 3 nitrogen and oxygen atoms in total. The molecular weight excluding hydrogens is 321 g/mol. The van der Waals surface area contributed by atoms with Crippen molar-refractivity contribution >= 4 is 5.97 Å². The summed E-state index contributed by atoms with van der Waals surface area (Å²) in [5.74, 6) is 4.51. The third-order valence-corrected chi connectivity index (χ3v) is 4.87. The minimum absolute atomic E-state index is 0. The molecule has 4 heteroatoms. The Labute approximate surface area is 181 Å². The van der Waals surface area contributed by atoms with E-state index in [0.717, 1.165) is 12.8 Å². The maximum absolute atomic E-state index is 10.8. The van der Waals surface area contributed by atoms with Crippen LogP contribution in [0, 0.1) is 0 Å². The molecular formula is C21H44NNaO2. The van der Waals surface area contributed by atoms with Crippen LogP contribution in [-0.4, -0.2) is 5.97 Å². The maximum Gasteiger partial charge on any atom is 1.00 e. The van der Waals surface area contributed by atoms with Crippen molar-refractivity contribution in [3.8, 4) is 0 Å². The van der Waals surface area contributed by atoms with Crippen molar-refractivity contribution in [2.24, 2.45) is 5.90 Å². The van der Waals surface area contributed by atoms with Gasteiger partial charge < -0.3 is 6.26 Å². The second kappa shape index (κ2) is 24.4. The summed E-state index contributed by atoms with van der Waals surface area (Å²) in [4.78, 5) is 15.0. The zero-order valence-corrected chi connectivity index (χ0v) is 19.3. The summed E-state index contributed by atoms with van der Waals surface area (Å²) in [6, 6.07) is 0. The Balaban J connectivity index is -0.00000264. The molecule has 0 aromatic heterocycles. The van der Waals surface area contributed by atoms with Gasteiger partial charge in [0.15, 0.2) is 0 Å². The van der Waals surface area contributed by atoms with Crippen LogP contribution in [0.2, 0.25) is 0 Å². The summed E-state index contributed by atoms with van der Waals surface area (Å²) in [5, 5.41) is 0. The van der Waals surface area contributed by atoms with Gasteiger partial charge in [0.2, 0.25) is 0 Å². The average Bonchev–Trinajstić information content (AvgIpc) is 2.60. The van der Waals surface area contributed by atoms with Crippen LogP contribution in [0.3, 0.4) is 0 Å². The molecule has 0 aliphatic carbocycles. The molecule has 0 aliphatic rings. The van der Waals surface area contributed by atoms with Gasteiger partial charge in [-0.3, -0.25) is 4.79 Å². The van der Waals surface area contributed by atoms with Gasteiger partial charge in [0.05, 0.1) is 0 Å². The summed E-state index contributed by atoms with van der Waals surface area (Å²) in [7, 11) is 0. The summed E-state index contributed by atoms with van der Waals surface area (Å²) in [6.07, 6.45) is 24.9. The molecule has 0 bridgehead atoms. The zero-order chi connectivity index (χ0) is 17.7. The number of rotatable bonds is 19. The molecule has 146 valence electrons. The SMILES string of the molecule is CCCCCCCCCCCCCCCCCCCCC(=O)ON.[H-].[Na+]. The first kappa shape index (κ1) is 27.6. The predicted octanol–water partition coefficient (Wildman–Crippen LogP) is 3.95. The maximum atomic E-state index is 10.8. The van der Waals surface area contributed by atoms with Gasteiger partial charge in [-0.15, -0.1) is 0 Å². The molecule has 0 saturated heterocycles. The number of nitrogens with two attached hydrogens (primary N) is 1. The van der Waals surface area contributed by atoms with E-state index in [0.29, 0.717) is 6.42 Å². The molecule has 0 heterocycles. The second-order valence-electron chi connectivity index (χ2n) is 7.25. The van der Waals surface area contributed by atoms with Gasteiger partial charge in [-0.05, 0) is 6.42 Å². The Morgan fingerprint density at radius 2 is 0.920 bits per heavy atom. The molecule has 0 spiro atoms. The molecule has 0 aromatic carbocycles. The fourth-order valence-corrected chi connectivity index (χ4v) is 3.23. The quantitative estimate of drug-likeness (QED) is 0.214. The van der Waals surface area contributed by atoms with E-state index in [1.165, 1.54) is 103 Å². The first-order valence-electron chi connectivity index (χ1n) is 10.7. The van der Waals surface area contributed by atoms with Crippen molar-refractivity contribution < 1.29 is 40.6 Å². The molecule has 0 amide bonds. The standard InChI is InChI=1S/C21H43NO2.Na.H/c1-2-3-4-5-6-7-8-9-10-11-12-13-14-15-16-17-18-19-20-21(23)24-22;;/h2-20,22H2,1H3;;/q;+1;-1. The number of carbonyl (C=O) groups is 1. The van der Waals surface area contributed by atoms with Crippen LogP contribution in [0.25, 0.3) is 0 Å². The molecule has 0 fully saturated rings. The second-order valence-corrected chi connectivity index (χ2v) is 7.25. The van der Waals surface area contributed by atoms with E-state index in [2.05, 4.69) is 11.8 Å². The largest absolute Gasteiger partial charge is 1.00 e. The van der Waals surface area contributed by atoms with Gasteiger partial charge in [0, 0.05) is 6.42 Å². The van der Waals surface area contributed by atoms with Gasteiger partial charge in [0.1, 0.15) is 0 Å². The molecule has 0 aliphatic heterocycles. The normalized spacial score (nSPS) is 10.5. The molecule has 25 heavy (non-hydrogen) atoms. The first-order chi connectivity index (χ1) is 11.8. The van der Waals surface area contributed by atoms with Crippen LogP contribution >= 0.6 is 0 Å². The molecule has 2 N–H and O–H groups in total. The third-order valence-electron chi connectivity index (χ3n) is 4.87. The van der Waals surface area contributed by atoms with Crippen LogP contribution in [0.15, 0.2) is 0 Å². The van der Waals surface area contributed by atoms with Crippen molar-refractivity contribution in [1.82, 2.24) is 0 Å². The molecule has 0 saturated carbocycles. The van der Waals surface area contributed by atoms with Gasteiger partial charge in [-0.2, -0.15) is 5.90 Å². The number of carbonyl (C=O) groups excluding carboxylic acids is 1. The number of unbranched alkanes of at least 4 members (excludes halogenated alkanes) is 17. The van der Waals surface area contributed by atoms with E-state index < -0.39 is 0 Å². The van der Waals surface area contributed by atoms with Crippen molar-refractivity contribution in [3.63, 3.8) is 0 Å². The average molecular weight is 366 g/mol. The summed E-state index contributed by atoms with van der Waals surface area (Å²) >= 11 is 0. The minimum atomic E-state index is -0.286. The summed E-state index contributed by atoms with van der Waals surface area (Å²) < 4.78 is 0. The molecule has 0 atom stereocenters. The van der Waals surface area contributed by atoms with E-state index in [4.69, 9.17) is 5.90 Å². The zero-order valence-electron chi connectivity index (χ0n) is 18.3. The van der Waals surface area contributed by atoms with E-state index in [1.54, 1.807) is 0 Å². The monoisotopic (exact) mass is 365 g/mol. The van der Waals surface area contributed by atoms with Crippen LogP contribution in [0.5, 0.6) is 0 Å². The summed E-state index contributed by atoms with van der Waals surface area (Å²) in [5.41, 5.74) is 0. The first-order valence-corrected chi connectivity index (χ1v) is 10.7. The predicted molar refractivity (Wildman–Crippen MR) is 105 cm³/mol. The van der Waals surface area contributed by atoms with E-state index in [9.17, 15) is 4.79 Å². The fourth-order valence-electron chi connectivity index (χ4n) is 3.23. The summed E-state index contributed by atoms with van der Waals surface area (Å²) in [6.45, 7) is 2.28. The van der Waals surface area contributed by atoms with Crippen molar-refractivity contribution in [1.29, 1.82) is 0 Å². The van der Waals surface area contributed by atoms with Gasteiger partial charge in [-0.25, -0.2) is 0 Å². The van der Waals surface area contributed by atoms with Crippen molar-refractivity contribution in [2.75, 3.05) is 0 Å². The van der Waals surface area contributed by atoms with Gasteiger partial charge in [0.25, 0.3) is 0 Å². The van der Waals surface area contributed by atoms with Crippen LogP contribution in [-0.2, 0) is 9.63 Å². The van der Waals surface area contributed by atoms with Crippen LogP contribution in [0.1, 0.15) is 130 Å². The van der Waals surface area contributed by atoms with Crippen LogP contribution < -0.4 is 35.5 Å². The van der Waals surface area contributed by atoms with E-state index in [-0.39, 0.29) is 37.0 Å². The Hall–Kier alpha value is 0.430. The van der Waals surface area contributed by atoms with Crippen LogP contribution in [0.4, 0.5) is 0 Å². The molecule has 0 unspecified atom stereocenters. The Bertz CT molecular complexity index is 268. The van der Waals surface area contributed by atoms with Crippen molar-refractivity contribution in [2.45, 2.75) is 129 Å². The Morgan fingerprint density at radius 1 is 0.640 bits per heavy atom. The van der Waals surface area contributed by atoms with Gasteiger partial charge >= 0.3 is 35.5 Å². The van der Waals surface area contributed by atoms with Gasteiger partial charge in [-0.1, -0.05) is 116 Å². The fraction of sp³-hybridized carbons (Fsp3) is 0.952. The molecule has 0 rings (SSSR count). The minimum Gasteiger partial charge on any atom is -1.00 e. The molecule has 0 radical (unpaired) electrons. The topological polar surface area (TPSA) is 52.3 Å². The molecule has 0 aromatic rings. The van der Waals surface area contributed by atoms with Crippen molar-refractivity contribution in [3.05, 3.63) is 0 Å². The Morgan fingerprint density at radius 3 is 1.20 bits per heavy atom. The number of hydrogen-bond acceptors (Lipinski definition) is 3. The van der Waals surface area contributed by atoms with E-state index in [1.807, 2.05) is 0 Å². The smallest absolute Gasteiger partial charge is 1.00 e. The third kappa shape index (κ3) is 24.4. The van der Waals surface area contributed by atoms with E-state index >= 15 is 0 Å². The number of hydrogen-bond donors (Lipinski definition) is 1.